The van der Waals surface area contributed by atoms with E-state index in [-0.39, 0.29) is 5.91 Å². The number of furan rings is 1. The average molecular weight is 485 g/mol. The van der Waals surface area contributed by atoms with Gasteiger partial charge in [0.05, 0.1) is 19.5 Å². The van der Waals surface area contributed by atoms with Crippen LogP contribution in [0.5, 0.6) is 11.5 Å². The minimum Gasteiger partial charge on any atom is -0.494 e. The number of hydrogen-bond donors (Lipinski definition) is 1. The fourth-order valence-electron chi connectivity index (χ4n) is 4.05. The van der Waals surface area contributed by atoms with E-state index in [1.165, 1.54) is 0 Å². The molecule has 1 amide bonds. The highest BCUT2D eigenvalue weighted by molar-refractivity contribution is 6.05. The van der Waals surface area contributed by atoms with Crippen molar-refractivity contribution < 1.29 is 18.7 Å². The molecule has 0 aliphatic rings. The molecule has 0 aliphatic carbocycles. The SMILES string of the molecule is CCOc1ccc(-c2coc3cc(OCC)c(/C(C)=C/C(=O)Nc4ccc(N(C)C)cc4)cc23)cc1. The first-order valence-corrected chi connectivity index (χ1v) is 12.1. The molecule has 36 heavy (non-hydrogen) atoms. The van der Waals surface area contributed by atoms with Crippen LogP contribution in [-0.4, -0.2) is 33.2 Å². The minimum absolute atomic E-state index is 0.202. The van der Waals surface area contributed by atoms with Crippen LogP contribution in [0.3, 0.4) is 0 Å². The summed E-state index contributed by atoms with van der Waals surface area (Å²) in [5, 5.41) is 3.89. The third-order valence-corrected chi connectivity index (χ3v) is 5.88. The summed E-state index contributed by atoms with van der Waals surface area (Å²) in [6.45, 7) is 6.94. The molecule has 6 nitrogen and oxygen atoms in total. The second-order valence-corrected chi connectivity index (χ2v) is 8.64. The van der Waals surface area contributed by atoms with E-state index in [9.17, 15) is 4.79 Å². The summed E-state index contributed by atoms with van der Waals surface area (Å²) in [6.07, 6.45) is 3.35. The summed E-state index contributed by atoms with van der Waals surface area (Å²) in [4.78, 5) is 14.8. The Labute approximate surface area is 212 Å². The van der Waals surface area contributed by atoms with E-state index in [0.29, 0.717) is 19.0 Å². The zero-order chi connectivity index (χ0) is 25.7. The van der Waals surface area contributed by atoms with Crippen molar-refractivity contribution in [2.75, 3.05) is 37.5 Å². The predicted molar refractivity (Wildman–Crippen MR) is 147 cm³/mol. The van der Waals surface area contributed by atoms with Crippen LogP contribution < -0.4 is 19.7 Å². The van der Waals surface area contributed by atoms with E-state index in [2.05, 4.69) is 5.32 Å². The van der Waals surface area contributed by atoms with Crippen LogP contribution in [0.2, 0.25) is 0 Å². The molecule has 0 atom stereocenters. The zero-order valence-corrected chi connectivity index (χ0v) is 21.4. The largest absolute Gasteiger partial charge is 0.494 e. The van der Waals surface area contributed by atoms with Gasteiger partial charge >= 0.3 is 0 Å². The van der Waals surface area contributed by atoms with Crippen LogP contribution in [-0.2, 0) is 4.79 Å². The van der Waals surface area contributed by atoms with Crippen molar-refractivity contribution in [1.29, 1.82) is 0 Å². The van der Waals surface area contributed by atoms with E-state index < -0.39 is 0 Å². The van der Waals surface area contributed by atoms with Crippen molar-refractivity contribution in [3.63, 3.8) is 0 Å². The van der Waals surface area contributed by atoms with Crippen molar-refractivity contribution in [1.82, 2.24) is 0 Å². The first kappa shape index (κ1) is 24.9. The number of nitrogens with zero attached hydrogens (tertiary/aromatic N) is 1. The Morgan fingerprint density at radius 2 is 1.67 bits per heavy atom. The predicted octanol–water partition coefficient (Wildman–Crippen LogP) is 7.01. The summed E-state index contributed by atoms with van der Waals surface area (Å²) in [7, 11) is 3.96. The fraction of sp³-hybridized carbons (Fsp3) is 0.233. The fourth-order valence-corrected chi connectivity index (χ4v) is 4.05. The zero-order valence-electron chi connectivity index (χ0n) is 21.4. The molecule has 0 aliphatic heterocycles. The summed E-state index contributed by atoms with van der Waals surface area (Å²) < 4.78 is 17.3. The van der Waals surface area contributed by atoms with Gasteiger partial charge in [-0.25, -0.2) is 0 Å². The van der Waals surface area contributed by atoms with Crippen molar-refractivity contribution in [3.8, 4) is 22.6 Å². The van der Waals surface area contributed by atoms with Gasteiger partial charge in [-0.05, 0) is 74.4 Å². The van der Waals surface area contributed by atoms with Crippen LogP contribution in [0.25, 0.3) is 27.7 Å². The summed E-state index contributed by atoms with van der Waals surface area (Å²) >= 11 is 0. The van der Waals surface area contributed by atoms with Crippen LogP contribution >= 0.6 is 0 Å². The van der Waals surface area contributed by atoms with Gasteiger partial charge in [-0.3, -0.25) is 4.79 Å². The Morgan fingerprint density at radius 1 is 0.972 bits per heavy atom. The number of hydrogen-bond acceptors (Lipinski definition) is 5. The molecule has 0 spiro atoms. The molecule has 6 heteroatoms. The lowest BCUT2D eigenvalue weighted by Crippen LogP contribution is -2.10. The van der Waals surface area contributed by atoms with Crippen molar-refractivity contribution in [2.45, 2.75) is 20.8 Å². The van der Waals surface area contributed by atoms with Crippen molar-refractivity contribution in [2.24, 2.45) is 0 Å². The van der Waals surface area contributed by atoms with Gasteiger partial charge in [-0.2, -0.15) is 0 Å². The third kappa shape index (κ3) is 5.54. The molecule has 186 valence electrons. The molecule has 0 saturated carbocycles. The normalized spacial score (nSPS) is 11.4. The maximum atomic E-state index is 12.8. The molecule has 0 unspecified atom stereocenters. The van der Waals surface area contributed by atoms with E-state index in [0.717, 1.165) is 50.4 Å². The maximum absolute atomic E-state index is 12.8. The Kier molecular flexibility index (Phi) is 7.64. The quantitative estimate of drug-likeness (QED) is 0.259. The molecule has 1 N–H and O–H groups in total. The van der Waals surface area contributed by atoms with Gasteiger partial charge in [0.15, 0.2) is 0 Å². The lowest BCUT2D eigenvalue weighted by molar-refractivity contribution is -0.111. The third-order valence-electron chi connectivity index (χ3n) is 5.88. The Hall–Kier alpha value is -4.19. The van der Waals surface area contributed by atoms with Gasteiger partial charge < -0.3 is 24.1 Å². The molecule has 4 aromatic rings. The Bertz CT molecular complexity index is 1370. The highest BCUT2D eigenvalue weighted by Gasteiger charge is 2.15. The monoisotopic (exact) mass is 484 g/mol. The second-order valence-electron chi connectivity index (χ2n) is 8.64. The number of rotatable bonds is 9. The van der Waals surface area contributed by atoms with E-state index >= 15 is 0 Å². The van der Waals surface area contributed by atoms with Gasteiger partial charge in [0, 0.05) is 54.1 Å². The van der Waals surface area contributed by atoms with Crippen LogP contribution in [0.4, 0.5) is 11.4 Å². The van der Waals surface area contributed by atoms with Gasteiger partial charge in [-0.1, -0.05) is 12.1 Å². The number of ether oxygens (including phenoxy) is 2. The first-order valence-electron chi connectivity index (χ1n) is 12.1. The van der Waals surface area contributed by atoms with Crippen molar-refractivity contribution >= 4 is 33.8 Å². The molecule has 1 heterocycles. The van der Waals surface area contributed by atoms with Gasteiger partial charge in [0.2, 0.25) is 5.91 Å². The lowest BCUT2D eigenvalue weighted by Gasteiger charge is -2.13. The number of carbonyl (C=O) groups excluding carboxylic acids is 1. The highest BCUT2D eigenvalue weighted by atomic mass is 16.5. The highest BCUT2D eigenvalue weighted by Crippen LogP contribution is 2.38. The number of amides is 1. The molecule has 1 aromatic heterocycles. The van der Waals surface area contributed by atoms with Gasteiger partial charge in [0.25, 0.3) is 0 Å². The molecule has 0 bridgehead atoms. The lowest BCUT2D eigenvalue weighted by atomic mass is 9.99. The van der Waals surface area contributed by atoms with Crippen LogP contribution in [0.1, 0.15) is 26.3 Å². The summed E-state index contributed by atoms with van der Waals surface area (Å²) in [5.74, 6) is 1.30. The summed E-state index contributed by atoms with van der Waals surface area (Å²) in [6, 6.07) is 19.6. The van der Waals surface area contributed by atoms with Gasteiger partial charge in [0.1, 0.15) is 17.1 Å². The number of nitrogens with one attached hydrogen (secondary N) is 1. The van der Waals surface area contributed by atoms with E-state index in [4.69, 9.17) is 13.9 Å². The van der Waals surface area contributed by atoms with E-state index in [1.807, 2.05) is 100 Å². The molecule has 0 radical (unpaired) electrons. The Morgan fingerprint density at radius 3 is 2.31 bits per heavy atom. The molecule has 4 rings (SSSR count). The number of carbonyl (C=O) groups is 1. The standard InChI is InChI=1S/C30H32N2O4/c1-6-34-24-14-8-21(9-15-24)27-19-36-29-18-28(35-7-2)25(17-26(27)29)20(3)16-30(33)31-22-10-12-23(13-11-22)32(4)5/h8-19H,6-7H2,1-5H3,(H,31,33)/b20-16+. The number of allylic oxidation sites excluding steroid dienone is 1. The van der Waals surface area contributed by atoms with Gasteiger partial charge in [-0.15, -0.1) is 0 Å². The van der Waals surface area contributed by atoms with Crippen molar-refractivity contribution in [3.05, 3.63) is 78.6 Å². The maximum Gasteiger partial charge on any atom is 0.248 e. The average Bonchev–Trinajstić information content (AvgIpc) is 3.27. The molecule has 0 fully saturated rings. The topological polar surface area (TPSA) is 63.9 Å². The molecule has 3 aromatic carbocycles. The minimum atomic E-state index is -0.202. The number of benzene rings is 3. The molecular formula is C30H32N2O4. The summed E-state index contributed by atoms with van der Waals surface area (Å²) in [5.41, 5.74) is 6.16. The first-order chi connectivity index (χ1) is 17.4. The molecule has 0 saturated heterocycles. The Balaban J connectivity index is 1.65. The molecular weight excluding hydrogens is 452 g/mol. The van der Waals surface area contributed by atoms with Crippen LogP contribution in [0.15, 0.2) is 77.4 Å². The number of anilines is 2. The smallest absolute Gasteiger partial charge is 0.248 e. The van der Waals surface area contributed by atoms with E-state index in [1.54, 1.807) is 12.3 Å². The van der Waals surface area contributed by atoms with Crippen LogP contribution in [0, 0.1) is 0 Å². The number of fused-ring (bicyclic) bond motifs is 1. The second kappa shape index (κ2) is 11.0.